The molecule has 0 atom stereocenters. The standard InChI is InChI=1S/C23H26N2O3/c1-4-28-14-8-13-25-22(26)20(19-12-11-16(2)15-17(19)3)21(23(25)27)24-18-9-6-5-7-10-18/h5-7,9-12,15,24H,4,8,13-14H2,1-3H3. The van der Waals surface area contributed by atoms with Crippen molar-refractivity contribution in [3.8, 4) is 0 Å². The van der Waals surface area contributed by atoms with Crippen molar-refractivity contribution >= 4 is 23.1 Å². The third kappa shape index (κ3) is 4.15. The van der Waals surface area contributed by atoms with Crippen LogP contribution in [0.25, 0.3) is 5.57 Å². The Morgan fingerprint density at radius 3 is 2.43 bits per heavy atom. The van der Waals surface area contributed by atoms with Gasteiger partial charge < -0.3 is 10.1 Å². The molecule has 5 heteroatoms. The molecular weight excluding hydrogens is 352 g/mol. The summed E-state index contributed by atoms with van der Waals surface area (Å²) in [5.74, 6) is -0.549. The highest BCUT2D eigenvalue weighted by atomic mass is 16.5. The fraction of sp³-hybridized carbons (Fsp3) is 0.304. The van der Waals surface area contributed by atoms with Gasteiger partial charge in [0.15, 0.2) is 0 Å². The molecule has 0 spiro atoms. The van der Waals surface area contributed by atoms with Crippen LogP contribution in [0.3, 0.4) is 0 Å². The lowest BCUT2D eigenvalue weighted by atomic mass is 9.97. The molecule has 0 aliphatic carbocycles. The van der Waals surface area contributed by atoms with Gasteiger partial charge >= 0.3 is 0 Å². The fourth-order valence-corrected chi connectivity index (χ4v) is 3.37. The summed E-state index contributed by atoms with van der Waals surface area (Å²) in [6.45, 7) is 7.38. The quantitative estimate of drug-likeness (QED) is 0.559. The molecule has 0 unspecified atom stereocenters. The van der Waals surface area contributed by atoms with E-state index in [4.69, 9.17) is 4.74 Å². The second-order valence-electron chi connectivity index (χ2n) is 6.87. The number of rotatable bonds is 8. The minimum Gasteiger partial charge on any atom is -0.382 e. The molecule has 0 saturated heterocycles. The number of benzene rings is 2. The first-order chi connectivity index (χ1) is 13.5. The van der Waals surface area contributed by atoms with Gasteiger partial charge in [-0.1, -0.05) is 42.0 Å². The van der Waals surface area contributed by atoms with Gasteiger partial charge in [0.05, 0.1) is 5.57 Å². The molecule has 1 N–H and O–H groups in total. The fourth-order valence-electron chi connectivity index (χ4n) is 3.37. The highest BCUT2D eigenvalue weighted by Crippen LogP contribution is 2.32. The Morgan fingerprint density at radius 1 is 1.00 bits per heavy atom. The first kappa shape index (κ1) is 19.8. The molecule has 2 aromatic carbocycles. The molecule has 0 radical (unpaired) electrons. The second kappa shape index (κ2) is 8.85. The molecule has 0 fully saturated rings. The molecule has 0 saturated carbocycles. The zero-order valence-electron chi connectivity index (χ0n) is 16.6. The number of para-hydroxylation sites is 1. The van der Waals surface area contributed by atoms with E-state index in [0.29, 0.717) is 37.4 Å². The number of nitrogens with one attached hydrogen (secondary N) is 1. The highest BCUT2D eigenvalue weighted by molar-refractivity contribution is 6.36. The minimum atomic E-state index is -0.291. The Bertz CT molecular complexity index is 903. The summed E-state index contributed by atoms with van der Waals surface area (Å²) >= 11 is 0. The molecule has 0 bridgehead atoms. The van der Waals surface area contributed by atoms with Gasteiger partial charge in [-0.2, -0.15) is 0 Å². The molecule has 1 aliphatic rings. The van der Waals surface area contributed by atoms with E-state index in [1.165, 1.54) is 4.90 Å². The van der Waals surface area contributed by atoms with Gasteiger partial charge in [-0.15, -0.1) is 0 Å². The Morgan fingerprint density at radius 2 is 1.75 bits per heavy atom. The van der Waals surface area contributed by atoms with Gasteiger partial charge in [-0.05, 0) is 50.5 Å². The zero-order valence-corrected chi connectivity index (χ0v) is 16.6. The number of amides is 2. The summed E-state index contributed by atoms with van der Waals surface area (Å²) in [5.41, 5.74) is 4.42. The SMILES string of the molecule is CCOCCCN1C(=O)C(Nc2ccccc2)=C(c2ccc(C)cc2C)C1=O. The molecule has 5 nitrogen and oxygen atoms in total. The van der Waals surface area contributed by atoms with E-state index in [9.17, 15) is 9.59 Å². The van der Waals surface area contributed by atoms with E-state index in [-0.39, 0.29) is 11.8 Å². The Hall–Kier alpha value is -2.92. The lowest BCUT2D eigenvalue weighted by molar-refractivity contribution is -0.137. The number of hydrogen-bond acceptors (Lipinski definition) is 4. The predicted molar refractivity (Wildman–Crippen MR) is 111 cm³/mol. The van der Waals surface area contributed by atoms with Crippen molar-refractivity contribution in [1.82, 2.24) is 4.90 Å². The molecule has 0 aromatic heterocycles. The first-order valence-corrected chi connectivity index (χ1v) is 9.60. The Balaban J connectivity index is 1.97. The molecule has 3 rings (SSSR count). The minimum absolute atomic E-state index is 0.258. The number of carbonyl (C=O) groups excluding carboxylic acids is 2. The molecule has 2 amide bonds. The normalized spacial score (nSPS) is 14.2. The van der Waals surface area contributed by atoms with E-state index in [0.717, 1.165) is 22.4 Å². The topological polar surface area (TPSA) is 58.6 Å². The Labute approximate surface area is 166 Å². The summed E-state index contributed by atoms with van der Waals surface area (Å²) in [4.78, 5) is 27.6. The van der Waals surface area contributed by atoms with Crippen LogP contribution in [0, 0.1) is 13.8 Å². The van der Waals surface area contributed by atoms with E-state index in [1.807, 2.05) is 69.3 Å². The van der Waals surface area contributed by atoms with E-state index < -0.39 is 0 Å². The lowest BCUT2D eigenvalue weighted by Crippen LogP contribution is -2.34. The average Bonchev–Trinajstić information content (AvgIpc) is 2.90. The van der Waals surface area contributed by atoms with Gasteiger partial charge in [0, 0.05) is 25.4 Å². The summed E-state index contributed by atoms with van der Waals surface area (Å²) < 4.78 is 5.35. The van der Waals surface area contributed by atoms with Crippen LogP contribution in [0.1, 0.15) is 30.0 Å². The highest BCUT2D eigenvalue weighted by Gasteiger charge is 2.39. The molecule has 146 valence electrons. The van der Waals surface area contributed by atoms with E-state index in [2.05, 4.69) is 5.32 Å². The van der Waals surface area contributed by atoms with Crippen molar-refractivity contribution in [2.45, 2.75) is 27.2 Å². The summed E-state index contributed by atoms with van der Waals surface area (Å²) in [5, 5.41) is 3.18. The third-order valence-corrected chi connectivity index (χ3v) is 4.74. The van der Waals surface area contributed by atoms with Gasteiger partial charge in [-0.3, -0.25) is 14.5 Å². The number of aryl methyl sites for hydroxylation is 2. The lowest BCUT2D eigenvalue weighted by Gasteiger charge is -2.15. The smallest absolute Gasteiger partial charge is 0.278 e. The summed E-state index contributed by atoms with van der Waals surface area (Å²) in [7, 11) is 0. The van der Waals surface area contributed by atoms with Crippen LogP contribution in [-0.2, 0) is 14.3 Å². The van der Waals surface area contributed by atoms with Gasteiger partial charge in [0.1, 0.15) is 5.70 Å². The first-order valence-electron chi connectivity index (χ1n) is 9.60. The Kier molecular flexibility index (Phi) is 6.26. The largest absolute Gasteiger partial charge is 0.382 e. The van der Waals surface area contributed by atoms with Gasteiger partial charge in [0.25, 0.3) is 11.8 Å². The van der Waals surface area contributed by atoms with Crippen molar-refractivity contribution < 1.29 is 14.3 Å². The maximum atomic E-state index is 13.2. The molecule has 2 aromatic rings. The summed E-state index contributed by atoms with van der Waals surface area (Å²) in [6.07, 6.45) is 0.615. The number of imide groups is 1. The monoisotopic (exact) mass is 378 g/mol. The van der Waals surface area contributed by atoms with Crippen LogP contribution >= 0.6 is 0 Å². The van der Waals surface area contributed by atoms with Gasteiger partial charge in [0.2, 0.25) is 0 Å². The van der Waals surface area contributed by atoms with Crippen LogP contribution in [0.4, 0.5) is 5.69 Å². The number of carbonyl (C=O) groups is 2. The van der Waals surface area contributed by atoms with Crippen molar-refractivity contribution in [2.24, 2.45) is 0 Å². The van der Waals surface area contributed by atoms with Crippen molar-refractivity contribution in [1.29, 1.82) is 0 Å². The second-order valence-corrected chi connectivity index (χ2v) is 6.87. The van der Waals surface area contributed by atoms with Crippen LogP contribution < -0.4 is 5.32 Å². The van der Waals surface area contributed by atoms with E-state index >= 15 is 0 Å². The maximum Gasteiger partial charge on any atom is 0.278 e. The van der Waals surface area contributed by atoms with Crippen LogP contribution in [0.15, 0.2) is 54.2 Å². The van der Waals surface area contributed by atoms with Crippen LogP contribution in [-0.4, -0.2) is 36.5 Å². The van der Waals surface area contributed by atoms with Crippen LogP contribution in [0.2, 0.25) is 0 Å². The molecule has 28 heavy (non-hydrogen) atoms. The van der Waals surface area contributed by atoms with Crippen molar-refractivity contribution in [3.63, 3.8) is 0 Å². The number of hydrogen-bond donors (Lipinski definition) is 1. The van der Waals surface area contributed by atoms with E-state index in [1.54, 1.807) is 0 Å². The molecule has 1 aliphatic heterocycles. The number of anilines is 1. The predicted octanol–water partition coefficient (Wildman–Crippen LogP) is 3.92. The van der Waals surface area contributed by atoms with Crippen molar-refractivity contribution in [3.05, 3.63) is 70.9 Å². The number of ether oxygens (including phenoxy) is 1. The van der Waals surface area contributed by atoms with Crippen molar-refractivity contribution in [2.75, 3.05) is 25.1 Å². The van der Waals surface area contributed by atoms with Crippen LogP contribution in [0.5, 0.6) is 0 Å². The maximum absolute atomic E-state index is 13.2. The third-order valence-electron chi connectivity index (χ3n) is 4.74. The molecular formula is C23H26N2O3. The zero-order chi connectivity index (χ0) is 20.1. The number of nitrogens with zero attached hydrogens (tertiary/aromatic N) is 1. The van der Waals surface area contributed by atoms with Gasteiger partial charge in [-0.25, -0.2) is 0 Å². The summed E-state index contributed by atoms with van der Waals surface area (Å²) in [6, 6.07) is 15.3. The average molecular weight is 378 g/mol. The molecule has 1 heterocycles.